The molecule has 1 atom stereocenters. The molecule has 17 heavy (non-hydrogen) atoms. The van der Waals surface area contributed by atoms with Crippen LogP contribution in [0.1, 0.15) is 25.6 Å². The Bertz CT molecular complexity index is 330. The van der Waals surface area contributed by atoms with Gasteiger partial charge in [-0.05, 0) is 37.6 Å². The van der Waals surface area contributed by atoms with E-state index in [4.69, 9.17) is 0 Å². The molecule has 4 heteroatoms. The summed E-state index contributed by atoms with van der Waals surface area (Å²) in [6.45, 7) is 7.43. The van der Waals surface area contributed by atoms with E-state index in [1.807, 2.05) is 18.4 Å². The van der Waals surface area contributed by atoms with Gasteiger partial charge in [0, 0.05) is 24.5 Å². The van der Waals surface area contributed by atoms with E-state index >= 15 is 0 Å². The molecule has 0 aliphatic rings. The highest BCUT2D eigenvalue weighted by Gasteiger charge is 2.06. The molecule has 0 saturated carbocycles. The molecule has 0 aromatic carbocycles. The van der Waals surface area contributed by atoms with Crippen LogP contribution in [0, 0.1) is 5.92 Å². The summed E-state index contributed by atoms with van der Waals surface area (Å²) in [7, 11) is 1.81. The zero-order valence-electron chi connectivity index (χ0n) is 11.2. The van der Waals surface area contributed by atoms with Crippen LogP contribution >= 0.6 is 11.3 Å². The lowest BCUT2D eigenvalue weighted by Gasteiger charge is -2.17. The summed E-state index contributed by atoms with van der Waals surface area (Å²) in [6.07, 6.45) is 1.13. The number of hydrogen-bond acceptors (Lipinski definition) is 2. The Labute approximate surface area is 108 Å². The van der Waals surface area contributed by atoms with Crippen molar-refractivity contribution in [3.63, 3.8) is 0 Å². The van der Waals surface area contributed by atoms with Gasteiger partial charge >= 0.3 is 0 Å². The summed E-state index contributed by atoms with van der Waals surface area (Å²) in [5.41, 5.74) is 0. The topological polar surface area (TPSA) is 36.4 Å². The van der Waals surface area contributed by atoms with E-state index in [9.17, 15) is 0 Å². The summed E-state index contributed by atoms with van der Waals surface area (Å²) in [4.78, 5) is 5.64. The maximum absolute atomic E-state index is 4.19. The van der Waals surface area contributed by atoms with Gasteiger partial charge < -0.3 is 10.6 Å². The highest BCUT2D eigenvalue weighted by molar-refractivity contribution is 7.09. The van der Waals surface area contributed by atoms with E-state index in [1.165, 1.54) is 4.88 Å². The van der Waals surface area contributed by atoms with Crippen LogP contribution in [0.4, 0.5) is 0 Å². The van der Waals surface area contributed by atoms with Crippen molar-refractivity contribution in [2.24, 2.45) is 10.9 Å². The van der Waals surface area contributed by atoms with Gasteiger partial charge in [-0.15, -0.1) is 11.3 Å². The van der Waals surface area contributed by atoms with Crippen LogP contribution in [0.2, 0.25) is 0 Å². The first-order valence-electron chi connectivity index (χ1n) is 6.11. The Kier molecular flexibility index (Phi) is 6.05. The third-order valence-corrected chi connectivity index (χ3v) is 3.30. The highest BCUT2D eigenvalue weighted by atomic mass is 32.1. The van der Waals surface area contributed by atoms with Crippen LogP contribution in [0.5, 0.6) is 0 Å². The second kappa shape index (κ2) is 7.33. The summed E-state index contributed by atoms with van der Waals surface area (Å²) < 4.78 is 0. The number of thiophene rings is 1. The first-order chi connectivity index (χ1) is 8.11. The third kappa shape index (κ3) is 5.73. The zero-order valence-corrected chi connectivity index (χ0v) is 12.0. The molecule has 1 unspecified atom stereocenters. The van der Waals surface area contributed by atoms with Crippen LogP contribution in [0.15, 0.2) is 22.5 Å². The molecular weight excluding hydrogens is 230 g/mol. The van der Waals surface area contributed by atoms with Crippen molar-refractivity contribution < 1.29 is 0 Å². The molecule has 96 valence electrons. The smallest absolute Gasteiger partial charge is 0.191 e. The van der Waals surface area contributed by atoms with E-state index in [0.29, 0.717) is 12.0 Å². The first kappa shape index (κ1) is 14.0. The fourth-order valence-electron chi connectivity index (χ4n) is 1.58. The molecule has 0 saturated heterocycles. The van der Waals surface area contributed by atoms with Crippen molar-refractivity contribution in [1.29, 1.82) is 0 Å². The van der Waals surface area contributed by atoms with Crippen molar-refractivity contribution >= 4 is 17.3 Å². The lowest BCUT2D eigenvalue weighted by Crippen LogP contribution is -2.42. The second-order valence-corrected chi connectivity index (χ2v) is 5.67. The maximum atomic E-state index is 4.19. The van der Waals surface area contributed by atoms with Gasteiger partial charge in [-0.1, -0.05) is 13.0 Å². The predicted octanol–water partition coefficient (Wildman–Crippen LogP) is 2.50. The Hall–Kier alpha value is -1.03. The standard InChI is InChI=1S/C13H23N3S/c1-10(2)16-13(14-4)15-9-11(3)8-12-6-5-7-17-12/h5-7,10-11H,8-9H2,1-4H3,(H2,14,15,16). The van der Waals surface area contributed by atoms with Crippen LogP contribution in [0.3, 0.4) is 0 Å². The Balaban J connectivity index is 2.29. The van der Waals surface area contributed by atoms with E-state index in [1.54, 1.807) is 0 Å². The predicted molar refractivity (Wildman–Crippen MR) is 76.8 cm³/mol. The number of nitrogens with zero attached hydrogens (tertiary/aromatic N) is 1. The van der Waals surface area contributed by atoms with Gasteiger partial charge in [-0.25, -0.2) is 0 Å². The SMILES string of the molecule is CN=C(NCC(C)Cc1cccs1)NC(C)C. The Morgan fingerprint density at radius 2 is 2.18 bits per heavy atom. The van der Waals surface area contributed by atoms with Gasteiger partial charge in [0.2, 0.25) is 0 Å². The summed E-state index contributed by atoms with van der Waals surface area (Å²) in [5, 5.41) is 8.78. The summed E-state index contributed by atoms with van der Waals surface area (Å²) >= 11 is 1.83. The second-order valence-electron chi connectivity index (χ2n) is 4.64. The monoisotopic (exact) mass is 253 g/mol. The molecule has 2 N–H and O–H groups in total. The van der Waals surface area contributed by atoms with Gasteiger partial charge in [0.15, 0.2) is 5.96 Å². The van der Waals surface area contributed by atoms with E-state index in [-0.39, 0.29) is 0 Å². The van der Waals surface area contributed by atoms with Crippen molar-refractivity contribution in [3.8, 4) is 0 Å². The molecule has 1 aromatic heterocycles. The van der Waals surface area contributed by atoms with Gasteiger partial charge in [0.25, 0.3) is 0 Å². The summed E-state index contributed by atoms with van der Waals surface area (Å²) in [6, 6.07) is 4.72. The van der Waals surface area contributed by atoms with Crippen LogP contribution < -0.4 is 10.6 Å². The Morgan fingerprint density at radius 3 is 2.71 bits per heavy atom. The van der Waals surface area contributed by atoms with Crippen LogP contribution in [-0.4, -0.2) is 25.6 Å². The minimum atomic E-state index is 0.411. The summed E-state index contributed by atoms with van der Waals surface area (Å²) in [5.74, 6) is 1.50. The quantitative estimate of drug-likeness (QED) is 0.625. The molecule has 0 radical (unpaired) electrons. The van der Waals surface area contributed by atoms with Gasteiger partial charge in [-0.3, -0.25) is 4.99 Å². The highest BCUT2D eigenvalue weighted by Crippen LogP contribution is 2.13. The fraction of sp³-hybridized carbons (Fsp3) is 0.615. The average Bonchev–Trinajstić information content (AvgIpc) is 2.76. The lowest BCUT2D eigenvalue weighted by atomic mass is 10.1. The first-order valence-corrected chi connectivity index (χ1v) is 6.99. The number of rotatable bonds is 5. The molecule has 0 spiro atoms. The van der Waals surface area contributed by atoms with Crippen molar-refractivity contribution in [1.82, 2.24) is 10.6 Å². The minimum absolute atomic E-state index is 0.411. The molecule has 1 aromatic rings. The normalized spacial score (nSPS) is 13.8. The van der Waals surface area contributed by atoms with Crippen molar-refractivity contribution in [3.05, 3.63) is 22.4 Å². The van der Waals surface area contributed by atoms with Gasteiger partial charge in [0.05, 0.1) is 0 Å². The molecule has 1 rings (SSSR count). The van der Waals surface area contributed by atoms with Crippen LogP contribution in [-0.2, 0) is 6.42 Å². The van der Waals surface area contributed by atoms with Crippen molar-refractivity contribution in [2.75, 3.05) is 13.6 Å². The molecule has 0 aliphatic heterocycles. The zero-order chi connectivity index (χ0) is 12.7. The Morgan fingerprint density at radius 1 is 1.41 bits per heavy atom. The minimum Gasteiger partial charge on any atom is -0.356 e. The lowest BCUT2D eigenvalue weighted by molar-refractivity contribution is 0.558. The number of nitrogens with one attached hydrogen (secondary N) is 2. The molecule has 0 amide bonds. The van der Waals surface area contributed by atoms with Crippen LogP contribution in [0.25, 0.3) is 0 Å². The molecule has 3 nitrogen and oxygen atoms in total. The van der Waals surface area contributed by atoms with Gasteiger partial charge in [-0.2, -0.15) is 0 Å². The van der Waals surface area contributed by atoms with Crippen molar-refractivity contribution in [2.45, 2.75) is 33.2 Å². The maximum Gasteiger partial charge on any atom is 0.191 e. The molecule has 0 aliphatic carbocycles. The number of hydrogen-bond donors (Lipinski definition) is 2. The average molecular weight is 253 g/mol. The number of guanidine groups is 1. The van der Waals surface area contributed by atoms with E-state index in [0.717, 1.165) is 18.9 Å². The number of aliphatic imine (C=N–C) groups is 1. The van der Waals surface area contributed by atoms with Gasteiger partial charge in [0.1, 0.15) is 0 Å². The molecular formula is C13H23N3S. The largest absolute Gasteiger partial charge is 0.356 e. The van der Waals surface area contributed by atoms with E-state index < -0.39 is 0 Å². The molecule has 0 fully saturated rings. The van der Waals surface area contributed by atoms with E-state index in [2.05, 4.69) is 53.9 Å². The molecule has 1 heterocycles. The fourth-order valence-corrected chi connectivity index (χ4v) is 2.45. The third-order valence-electron chi connectivity index (χ3n) is 2.40. The molecule has 0 bridgehead atoms.